The number of anilines is 1. The van der Waals surface area contributed by atoms with Crippen LogP contribution in [0.2, 0.25) is 0 Å². The number of benzene rings is 1. The third kappa shape index (κ3) is 4.72. The van der Waals surface area contributed by atoms with E-state index < -0.39 is 5.91 Å². The smallest absolute Gasteiger partial charge is 0.274 e. The lowest BCUT2D eigenvalue weighted by Gasteiger charge is -2.11. The SMILES string of the molecule is CCOc1ccccc1NC(=O)c1cc(C(=O)NCc2ccco2)ccn1. The fourth-order valence-electron chi connectivity index (χ4n) is 2.42. The van der Waals surface area contributed by atoms with E-state index in [2.05, 4.69) is 15.6 Å². The first-order valence-electron chi connectivity index (χ1n) is 8.47. The van der Waals surface area contributed by atoms with Crippen LogP contribution in [0.15, 0.2) is 65.4 Å². The summed E-state index contributed by atoms with van der Waals surface area (Å²) in [5.41, 5.74) is 1.01. The van der Waals surface area contributed by atoms with Crippen LogP contribution in [0.5, 0.6) is 5.75 Å². The van der Waals surface area contributed by atoms with Gasteiger partial charge in [0.05, 0.1) is 25.1 Å². The largest absolute Gasteiger partial charge is 0.492 e. The van der Waals surface area contributed by atoms with Gasteiger partial charge in [-0.2, -0.15) is 0 Å². The number of carbonyl (C=O) groups is 2. The number of furan rings is 1. The second kappa shape index (κ2) is 8.66. The number of rotatable bonds is 7. The lowest BCUT2D eigenvalue weighted by Crippen LogP contribution is -2.23. The third-order valence-corrected chi connectivity index (χ3v) is 3.69. The first-order valence-corrected chi connectivity index (χ1v) is 8.47. The van der Waals surface area contributed by atoms with Crippen molar-refractivity contribution < 1.29 is 18.7 Å². The van der Waals surface area contributed by atoms with Gasteiger partial charge >= 0.3 is 0 Å². The summed E-state index contributed by atoms with van der Waals surface area (Å²) in [5, 5.41) is 5.49. The molecule has 2 amide bonds. The van der Waals surface area contributed by atoms with E-state index in [-0.39, 0.29) is 18.1 Å². The molecule has 0 saturated carbocycles. The number of amides is 2. The van der Waals surface area contributed by atoms with Crippen LogP contribution < -0.4 is 15.4 Å². The van der Waals surface area contributed by atoms with Crippen LogP contribution in [0.1, 0.15) is 33.5 Å². The molecule has 0 aliphatic carbocycles. The highest BCUT2D eigenvalue weighted by Gasteiger charge is 2.14. The van der Waals surface area contributed by atoms with Crippen LogP contribution in [0.3, 0.4) is 0 Å². The fourth-order valence-corrected chi connectivity index (χ4v) is 2.42. The Balaban J connectivity index is 1.69. The molecule has 0 atom stereocenters. The van der Waals surface area contributed by atoms with E-state index in [1.165, 1.54) is 18.5 Å². The van der Waals surface area contributed by atoms with Gasteiger partial charge in [0, 0.05) is 11.8 Å². The number of para-hydroxylation sites is 2. The van der Waals surface area contributed by atoms with Gasteiger partial charge in [0.2, 0.25) is 0 Å². The Bertz CT molecular complexity index is 922. The number of hydrogen-bond acceptors (Lipinski definition) is 5. The summed E-state index contributed by atoms with van der Waals surface area (Å²) < 4.78 is 10.7. The number of hydrogen-bond donors (Lipinski definition) is 2. The third-order valence-electron chi connectivity index (χ3n) is 3.69. The number of carbonyl (C=O) groups excluding carboxylic acids is 2. The van der Waals surface area contributed by atoms with Crippen molar-refractivity contribution in [3.63, 3.8) is 0 Å². The van der Waals surface area contributed by atoms with Crippen molar-refractivity contribution >= 4 is 17.5 Å². The van der Waals surface area contributed by atoms with Crippen molar-refractivity contribution in [3.8, 4) is 5.75 Å². The van der Waals surface area contributed by atoms with Gasteiger partial charge in [-0.1, -0.05) is 12.1 Å². The summed E-state index contributed by atoms with van der Waals surface area (Å²) in [6, 6.07) is 13.6. The van der Waals surface area contributed by atoms with Gasteiger partial charge in [-0.25, -0.2) is 0 Å². The minimum Gasteiger partial charge on any atom is -0.492 e. The van der Waals surface area contributed by atoms with E-state index >= 15 is 0 Å². The second-order valence-electron chi connectivity index (χ2n) is 5.58. The molecule has 2 aromatic heterocycles. The summed E-state index contributed by atoms with van der Waals surface area (Å²) in [6.07, 6.45) is 2.96. The second-order valence-corrected chi connectivity index (χ2v) is 5.58. The molecule has 138 valence electrons. The summed E-state index contributed by atoms with van der Waals surface area (Å²) in [5.74, 6) is 0.462. The molecule has 0 saturated heterocycles. The zero-order valence-corrected chi connectivity index (χ0v) is 14.8. The van der Waals surface area contributed by atoms with Gasteiger partial charge in [0.1, 0.15) is 17.2 Å². The predicted octanol–water partition coefficient (Wildman–Crippen LogP) is 3.26. The molecule has 0 unspecified atom stereocenters. The molecule has 2 N–H and O–H groups in total. The van der Waals surface area contributed by atoms with Crippen LogP contribution in [-0.4, -0.2) is 23.4 Å². The molecular weight excluding hydrogens is 346 g/mol. The summed E-state index contributed by atoms with van der Waals surface area (Å²) in [4.78, 5) is 28.8. The minimum absolute atomic E-state index is 0.131. The van der Waals surface area contributed by atoms with Crippen LogP contribution in [0, 0.1) is 0 Å². The number of nitrogens with one attached hydrogen (secondary N) is 2. The van der Waals surface area contributed by atoms with Crippen molar-refractivity contribution in [2.24, 2.45) is 0 Å². The molecule has 3 rings (SSSR count). The van der Waals surface area contributed by atoms with Crippen molar-refractivity contribution in [1.82, 2.24) is 10.3 Å². The average molecular weight is 365 g/mol. The lowest BCUT2D eigenvalue weighted by molar-refractivity contribution is 0.0948. The Morgan fingerprint density at radius 3 is 2.74 bits per heavy atom. The van der Waals surface area contributed by atoms with Crippen molar-refractivity contribution in [1.29, 1.82) is 0 Å². The van der Waals surface area contributed by atoms with Gasteiger partial charge in [-0.3, -0.25) is 14.6 Å². The first-order chi connectivity index (χ1) is 13.2. The number of aromatic nitrogens is 1. The fraction of sp³-hybridized carbons (Fsp3) is 0.150. The molecule has 0 bridgehead atoms. The molecule has 27 heavy (non-hydrogen) atoms. The van der Waals surface area contributed by atoms with E-state index in [0.717, 1.165) is 0 Å². The molecule has 0 aliphatic heterocycles. The molecule has 0 fully saturated rings. The van der Waals surface area contributed by atoms with Gasteiger partial charge < -0.3 is 19.8 Å². The standard InChI is InChI=1S/C20H19N3O4/c1-2-26-18-8-4-3-7-16(18)23-20(25)17-12-14(9-10-21-17)19(24)22-13-15-6-5-11-27-15/h3-12H,2,13H2,1H3,(H,22,24)(H,23,25). The normalized spacial score (nSPS) is 10.3. The molecular formula is C20H19N3O4. The molecule has 0 radical (unpaired) electrons. The molecule has 0 aliphatic rings. The van der Waals surface area contributed by atoms with Crippen molar-refractivity contribution in [3.05, 3.63) is 78.0 Å². The summed E-state index contributed by atoms with van der Waals surface area (Å²) in [6.45, 7) is 2.61. The lowest BCUT2D eigenvalue weighted by atomic mass is 10.2. The van der Waals surface area contributed by atoms with Gasteiger partial charge in [-0.05, 0) is 43.3 Å². The molecule has 3 aromatic rings. The minimum atomic E-state index is -0.428. The highest BCUT2D eigenvalue weighted by atomic mass is 16.5. The number of nitrogens with zero attached hydrogens (tertiary/aromatic N) is 1. The van der Waals surface area contributed by atoms with Gasteiger partial charge in [-0.15, -0.1) is 0 Å². The highest BCUT2D eigenvalue weighted by molar-refractivity contribution is 6.05. The van der Waals surface area contributed by atoms with Crippen LogP contribution in [0.4, 0.5) is 5.69 Å². The van der Waals surface area contributed by atoms with E-state index in [1.54, 1.807) is 36.4 Å². The maximum Gasteiger partial charge on any atom is 0.274 e. The molecule has 2 heterocycles. The van der Waals surface area contributed by atoms with E-state index in [4.69, 9.17) is 9.15 Å². The molecule has 0 spiro atoms. The Labute approximate surface area is 156 Å². The maximum absolute atomic E-state index is 12.5. The van der Waals surface area contributed by atoms with E-state index in [1.807, 2.05) is 13.0 Å². The van der Waals surface area contributed by atoms with Gasteiger partial charge in [0.25, 0.3) is 11.8 Å². The molecule has 7 heteroatoms. The molecule has 7 nitrogen and oxygen atoms in total. The Morgan fingerprint density at radius 1 is 1.11 bits per heavy atom. The zero-order chi connectivity index (χ0) is 19.1. The van der Waals surface area contributed by atoms with Crippen molar-refractivity contribution in [2.45, 2.75) is 13.5 Å². The quantitative estimate of drug-likeness (QED) is 0.670. The maximum atomic E-state index is 12.5. The van der Waals surface area contributed by atoms with Crippen LogP contribution in [0.25, 0.3) is 0 Å². The van der Waals surface area contributed by atoms with Crippen molar-refractivity contribution in [2.75, 3.05) is 11.9 Å². The van der Waals surface area contributed by atoms with E-state index in [0.29, 0.717) is 29.4 Å². The van der Waals surface area contributed by atoms with Gasteiger partial charge in [0.15, 0.2) is 0 Å². The molecule has 1 aromatic carbocycles. The zero-order valence-electron chi connectivity index (χ0n) is 14.8. The monoisotopic (exact) mass is 365 g/mol. The Hall–Kier alpha value is -3.61. The first kappa shape index (κ1) is 18.2. The highest BCUT2D eigenvalue weighted by Crippen LogP contribution is 2.24. The topological polar surface area (TPSA) is 93.5 Å². The van der Waals surface area contributed by atoms with Crippen LogP contribution in [-0.2, 0) is 6.54 Å². The number of ether oxygens (including phenoxy) is 1. The van der Waals surface area contributed by atoms with Crippen LogP contribution >= 0.6 is 0 Å². The Morgan fingerprint density at radius 2 is 1.96 bits per heavy atom. The summed E-state index contributed by atoms with van der Waals surface area (Å²) in [7, 11) is 0. The average Bonchev–Trinajstić information content (AvgIpc) is 3.21. The Kier molecular flexibility index (Phi) is 5.84. The van der Waals surface area contributed by atoms with E-state index in [9.17, 15) is 9.59 Å². The predicted molar refractivity (Wildman–Crippen MR) is 99.7 cm³/mol. The summed E-state index contributed by atoms with van der Waals surface area (Å²) >= 11 is 0. The number of pyridine rings is 1.